The molecule has 2 atom stereocenters. The number of non-ortho nitro benzene ring substituents is 1. The van der Waals surface area contributed by atoms with Crippen molar-refractivity contribution in [3.63, 3.8) is 0 Å². The Hall–Kier alpha value is -2.11. The number of carbonyl (C=O) groups excluding carboxylic acids is 2. The van der Waals surface area contributed by atoms with Gasteiger partial charge < -0.3 is 18.8 Å². The summed E-state index contributed by atoms with van der Waals surface area (Å²) in [6.07, 6.45) is 0.122. The number of nitrogens with zero attached hydrogens (tertiary/aromatic N) is 2. The molecule has 11 heteroatoms. The normalized spacial score (nSPS) is 18.6. The number of nitro groups is 1. The van der Waals surface area contributed by atoms with E-state index in [1.807, 2.05) is 0 Å². The Morgan fingerprint density at radius 2 is 1.85 bits per heavy atom. The molecular formula is C23H36N2O7SSi. The highest BCUT2D eigenvalue weighted by atomic mass is 32.2. The van der Waals surface area contributed by atoms with Crippen LogP contribution in [0.2, 0.25) is 18.1 Å². The smallest absolute Gasteiger partial charge is 0.410 e. The molecule has 0 spiro atoms. The van der Waals surface area contributed by atoms with Crippen molar-refractivity contribution < 1.29 is 28.4 Å². The first-order valence-electron chi connectivity index (χ1n) is 11.4. The lowest BCUT2D eigenvalue weighted by atomic mass is 10.2. The summed E-state index contributed by atoms with van der Waals surface area (Å²) in [5, 5.41) is 10.9. The number of rotatable bonds is 10. The molecule has 0 bridgehead atoms. The van der Waals surface area contributed by atoms with Crippen LogP contribution in [0.5, 0.6) is 0 Å². The molecular weight excluding hydrogens is 476 g/mol. The van der Waals surface area contributed by atoms with Gasteiger partial charge in [-0.3, -0.25) is 14.9 Å². The van der Waals surface area contributed by atoms with Gasteiger partial charge >= 0.3 is 12.1 Å². The SMILES string of the molecule is CCOC(=O)CSCC1CC(O[Si](C)(C)C(C)(C)C)CN1C(=O)OCc1ccc([N+](=O)[O-])cc1. The van der Waals surface area contributed by atoms with Crippen molar-refractivity contribution in [1.29, 1.82) is 0 Å². The van der Waals surface area contributed by atoms with Crippen LogP contribution in [0.1, 0.15) is 39.7 Å². The summed E-state index contributed by atoms with van der Waals surface area (Å²) >= 11 is 1.43. The predicted octanol–water partition coefficient (Wildman–Crippen LogP) is 4.99. The summed E-state index contributed by atoms with van der Waals surface area (Å²) in [6.45, 7) is 13.5. The quantitative estimate of drug-likeness (QED) is 0.187. The van der Waals surface area contributed by atoms with Crippen molar-refractivity contribution in [2.45, 2.75) is 71.0 Å². The molecule has 1 saturated heterocycles. The van der Waals surface area contributed by atoms with E-state index in [0.29, 0.717) is 30.9 Å². The Morgan fingerprint density at radius 1 is 1.21 bits per heavy atom. The molecule has 1 aliphatic heterocycles. The van der Waals surface area contributed by atoms with Crippen molar-refractivity contribution in [2.75, 3.05) is 24.7 Å². The number of ether oxygens (including phenoxy) is 2. The largest absolute Gasteiger partial charge is 0.465 e. The van der Waals surface area contributed by atoms with Crippen molar-refractivity contribution in [3.8, 4) is 0 Å². The monoisotopic (exact) mass is 512 g/mol. The molecule has 0 N–H and O–H groups in total. The Labute approximate surface area is 206 Å². The third-order valence-electron chi connectivity index (χ3n) is 6.22. The zero-order valence-electron chi connectivity index (χ0n) is 20.9. The average molecular weight is 513 g/mol. The van der Waals surface area contributed by atoms with Crippen LogP contribution in [0.25, 0.3) is 0 Å². The van der Waals surface area contributed by atoms with Crippen LogP contribution in [-0.4, -0.2) is 67.0 Å². The molecule has 2 rings (SSSR count). The Morgan fingerprint density at radius 3 is 2.41 bits per heavy atom. The number of carbonyl (C=O) groups is 2. The van der Waals surface area contributed by atoms with Crippen molar-refractivity contribution in [2.24, 2.45) is 0 Å². The first-order valence-corrected chi connectivity index (χ1v) is 15.5. The fourth-order valence-corrected chi connectivity index (χ4v) is 5.67. The molecule has 1 aromatic rings. The van der Waals surface area contributed by atoms with Crippen LogP contribution < -0.4 is 0 Å². The van der Waals surface area contributed by atoms with E-state index in [4.69, 9.17) is 13.9 Å². The van der Waals surface area contributed by atoms with Gasteiger partial charge in [-0.05, 0) is 49.2 Å². The molecule has 0 aliphatic carbocycles. The van der Waals surface area contributed by atoms with E-state index in [1.165, 1.54) is 23.9 Å². The van der Waals surface area contributed by atoms with Crippen LogP contribution >= 0.6 is 11.8 Å². The maximum atomic E-state index is 13.0. The second-order valence-electron chi connectivity index (χ2n) is 9.84. The minimum Gasteiger partial charge on any atom is -0.465 e. The number of hydrogen-bond acceptors (Lipinski definition) is 8. The molecule has 0 radical (unpaired) electrons. The van der Waals surface area contributed by atoms with E-state index >= 15 is 0 Å². The third kappa shape index (κ3) is 7.98. The maximum Gasteiger partial charge on any atom is 0.410 e. The highest BCUT2D eigenvalue weighted by Gasteiger charge is 2.44. The Bertz CT molecular complexity index is 858. The molecule has 1 heterocycles. The van der Waals surface area contributed by atoms with Gasteiger partial charge in [-0.25, -0.2) is 4.79 Å². The number of nitro benzene ring substituents is 1. The van der Waals surface area contributed by atoms with Gasteiger partial charge in [0.2, 0.25) is 0 Å². The molecule has 1 amide bonds. The van der Waals surface area contributed by atoms with Crippen molar-refractivity contribution in [3.05, 3.63) is 39.9 Å². The third-order valence-corrected chi connectivity index (χ3v) is 11.8. The number of likely N-dealkylation sites (tertiary alicyclic amines) is 1. The highest BCUT2D eigenvalue weighted by molar-refractivity contribution is 7.99. The van der Waals surface area contributed by atoms with E-state index in [-0.39, 0.29) is 41.2 Å². The van der Waals surface area contributed by atoms with E-state index < -0.39 is 19.3 Å². The van der Waals surface area contributed by atoms with E-state index in [9.17, 15) is 19.7 Å². The molecule has 1 aromatic carbocycles. The Kier molecular flexibility index (Phi) is 9.95. The van der Waals surface area contributed by atoms with Gasteiger partial charge in [0.15, 0.2) is 8.32 Å². The Balaban J connectivity index is 2.03. The maximum absolute atomic E-state index is 13.0. The molecule has 0 aromatic heterocycles. The molecule has 34 heavy (non-hydrogen) atoms. The van der Waals surface area contributed by atoms with E-state index in [0.717, 1.165) is 0 Å². The summed E-state index contributed by atoms with van der Waals surface area (Å²) in [5.74, 6) is 0.527. The topological polar surface area (TPSA) is 108 Å². The molecule has 0 saturated carbocycles. The van der Waals surface area contributed by atoms with Gasteiger partial charge in [0.25, 0.3) is 5.69 Å². The van der Waals surface area contributed by atoms with Crippen LogP contribution in [0.15, 0.2) is 24.3 Å². The zero-order chi connectivity index (χ0) is 25.5. The minimum atomic E-state index is -2.02. The fraction of sp³-hybridized carbons (Fsp3) is 0.652. The molecule has 190 valence electrons. The predicted molar refractivity (Wildman–Crippen MR) is 134 cm³/mol. The highest BCUT2D eigenvalue weighted by Crippen LogP contribution is 2.39. The van der Waals surface area contributed by atoms with Crippen molar-refractivity contribution in [1.82, 2.24) is 4.90 Å². The summed E-state index contributed by atoms with van der Waals surface area (Å²) < 4.78 is 17.1. The zero-order valence-corrected chi connectivity index (χ0v) is 22.7. The standard InChI is InChI=1S/C23H36N2O7SSi/c1-7-30-21(26)16-33-15-19-12-20(32-34(5,6)23(2,3)4)13-24(19)22(27)31-14-17-8-10-18(11-9-17)25(28)29/h8-11,19-20H,7,12-16H2,1-6H3. The number of hydrogen-bond donors (Lipinski definition) is 0. The molecule has 1 fully saturated rings. The second kappa shape index (κ2) is 12.0. The van der Waals surface area contributed by atoms with Crippen molar-refractivity contribution >= 4 is 37.8 Å². The summed E-state index contributed by atoms with van der Waals surface area (Å²) in [7, 11) is -2.02. The lowest BCUT2D eigenvalue weighted by Gasteiger charge is -2.38. The van der Waals surface area contributed by atoms with Crippen LogP contribution in [-0.2, 0) is 25.3 Å². The van der Waals surface area contributed by atoms with E-state index in [2.05, 4.69) is 33.9 Å². The molecule has 2 unspecified atom stereocenters. The van der Waals surface area contributed by atoms with Crippen LogP contribution in [0.3, 0.4) is 0 Å². The van der Waals surface area contributed by atoms with Crippen LogP contribution in [0.4, 0.5) is 10.5 Å². The first kappa shape index (κ1) is 28.1. The lowest BCUT2D eigenvalue weighted by Crippen LogP contribution is -2.44. The fourth-order valence-electron chi connectivity index (χ4n) is 3.36. The van der Waals surface area contributed by atoms with E-state index in [1.54, 1.807) is 24.0 Å². The molecule has 1 aliphatic rings. The number of amides is 1. The minimum absolute atomic E-state index is 0.0149. The summed E-state index contributed by atoms with van der Waals surface area (Å²) in [4.78, 5) is 36.7. The molecule has 9 nitrogen and oxygen atoms in total. The second-order valence-corrected chi connectivity index (χ2v) is 15.6. The number of thioether (sulfide) groups is 1. The summed E-state index contributed by atoms with van der Waals surface area (Å²) in [6, 6.07) is 5.80. The number of benzene rings is 1. The van der Waals surface area contributed by atoms with Gasteiger partial charge in [-0.1, -0.05) is 20.8 Å². The average Bonchev–Trinajstić information content (AvgIpc) is 3.13. The van der Waals surface area contributed by atoms with Gasteiger partial charge in [0.1, 0.15) is 6.61 Å². The van der Waals surface area contributed by atoms with Gasteiger partial charge in [-0.15, -0.1) is 11.8 Å². The number of esters is 1. The lowest BCUT2D eigenvalue weighted by molar-refractivity contribution is -0.384. The van der Waals surface area contributed by atoms with Gasteiger partial charge in [-0.2, -0.15) is 0 Å². The van der Waals surface area contributed by atoms with Gasteiger partial charge in [0, 0.05) is 30.5 Å². The first-order chi connectivity index (χ1) is 15.8. The van der Waals surface area contributed by atoms with Crippen LogP contribution in [0, 0.1) is 10.1 Å². The van der Waals surface area contributed by atoms with Gasteiger partial charge in [0.05, 0.1) is 23.4 Å². The summed E-state index contributed by atoms with van der Waals surface area (Å²) in [5.41, 5.74) is 0.652.